The molecule has 7 heteroatoms. The zero-order chi connectivity index (χ0) is 15.2. The molecule has 0 aromatic carbocycles. The van der Waals surface area contributed by atoms with Crippen molar-refractivity contribution in [2.24, 2.45) is 11.8 Å². The number of nitro groups is 1. The van der Waals surface area contributed by atoms with E-state index in [1.165, 1.54) is 31.9 Å². The van der Waals surface area contributed by atoms with Crippen LogP contribution >= 0.6 is 0 Å². The fourth-order valence-corrected chi connectivity index (χ4v) is 2.98. The van der Waals surface area contributed by atoms with Crippen LogP contribution in [0.4, 0.5) is 17.5 Å². The third-order valence-electron chi connectivity index (χ3n) is 4.08. The Morgan fingerprint density at radius 2 is 2.29 bits per heavy atom. The lowest BCUT2D eigenvalue weighted by atomic mass is 9.81. The Kier molecular flexibility index (Phi) is 5.30. The van der Waals surface area contributed by atoms with Gasteiger partial charge in [-0.1, -0.05) is 26.2 Å². The van der Waals surface area contributed by atoms with Gasteiger partial charge in [-0.05, 0) is 24.7 Å². The summed E-state index contributed by atoms with van der Waals surface area (Å²) >= 11 is 0. The zero-order valence-corrected chi connectivity index (χ0v) is 12.6. The average Bonchev–Trinajstić information content (AvgIpc) is 2.47. The Balaban J connectivity index is 1.93. The highest BCUT2D eigenvalue weighted by molar-refractivity contribution is 5.56. The molecule has 0 spiro atoms. The number of hydrogen-bond donors (Lipinski definition) is 2. The molecular formula is C14H23N5O2. The van der Waals surface area contributed by atoms with Crippen LogP contribution in [0.15, 0.2) is 6.20 Å². The van der Waals surface area contributed by atoms with Gasteiger partial charge in [0.1, 0.15) is 6.20 Å². The summed E-state index contributed by atoms with van der Waals surface area (Å²) in [6, 6.07) is 0. The van der Waals surface area contributed by atoms with E-state index in [1.54, 1.807) is 7.05 Å². The summed E-state index contributed by atoms with van der Waals surface area (Å²) in [5, 5.41) is 16.9. The standard InChI is InChI=1S/C14H23N5O2/c1-10-4-3-5-11(8-10)6-7-16-13-12(19(20)21)9-17-14(15-2)18-13/h9-11H,3-8H2,1-2H3,(H2,15,16,17,18). The fourth-order valence-electron chi connectivity index (χ4n) is 2.98. The minimum absolute atomic E-state index is 0.0778. The van der Waals surface area contributed by atoms with Gasteiger partial charge in [0.15, 0.2) is 0 Å². The molecule has 1 aliphatic rings. The van der Waals surface area contributed by atoms with E-state index >= 15 is 0 Å². The summed E-state index contributed by atoms with van der Waals surface area (Å²) in [5.74, 6) is 2.19. The van der Waals surface area contributed by atoms with Crippen molar-refractivity contribution in [1.29, 1.82) is 0 Å². The lowest BCUT2D eigenvalue weighted by Crippen LogP contribution is -2.17. The third-order valence-corrected chi connectivity index (χ3v) is 4.08. The molecule has 0 aliphatic heterocycles. The second-order valence-corrected chi connectivity index (χ2v) is 5.79. The van der Waals surface area contributed by atoms with E-state index in [-0.39, 0.29) is 5.69 Å². The molecule has 2 unspecified atom stereocenters. The summed E-state index contributed by atoms with van der Waals surface area (Å²) in [4.78, 5) is 18.6. The fraction of sp³-hybridized carbons (Fsp3) is 0.714. The first kappa shape index (κ1) is 15.5. The largest absolute Gasteiger partial charge is 0.364 e. The van der Waals surface area contributed by atoms with E-state index in [0.29, 0.717) is 24.2 Å². The van der Waals surface area contributed by atoms with Crippen molar-refractivity contribution in [2.45, 2.75) is 39.0 Å². The Labute approximate surface area is 124 Å². The molecule has 1 aromatic rings. The smallest absolute Gasteiger partial charge is 0.329 e. The maximum atomic E-state index is 11.0. The van der Waals surface area contributed by atoms with Crippen molar-refractivity contribution >= 4 is 17.5 Å². The molecule has 1 aromatic heterocycles. The van der Waals surface area contributed by atoms with Gasteiger partial charge in [-0.2, -0.15) is 4.98 Å². The summed E-state index contributed by atoms with van der Waals surface area (Å²) in [7, 11) is 1.69. The average molecular weight is 293 g/mol. The van der Waals surface area contributed by atoms with Crippen LogP contribution in [0, 0.1) is 22.0 Å². The number of nitrogens with zero attached hydrogens (tertiary/aromatic N) is 3. The SMILES string of the molecule is CNc1ncc([N+](=O)[O-])c(NCCC2CCCC(C)C2)n1. The zero-order valence-electron chi connectivity index (χ0n) is 12.6. The summed E-state index contributed by atoms with van der Waals surface area (Å²) in [6.07, 6.45) is 7.41. The molecule has 2 N–H and O–H groups in total. The van der Waals surface area contributed by atoms with Crippen LogP contribution in [0.25, 0.3) is 0 Å². The van der Waals surface area contributed by atoms with Gasteiger partial charge in [-0.25, -0.2) is 4.98 Å². The number of hydrogen-bond acceptors (Lipinski definition) is 6. The van der Waals surface area contributed by atoms with Gasteiger partial charge >= 0.3 is 5.69 Å². The second-order valence-electron chi connectivity index (χ2n) is 5.79. The normalized spacial score (nSPS) is 21.8. The van der Waals surface area contributed by atoms with Crippen LogP contribution in [0.3, 0.4) is 0 Å². The van der Waals surface area contributed by atoms with Crippen LogP contribution in [0.2, 0.25) is 0 Å². The molecule has 7 nitrogen and oxygen atoms in total. The van der Waals surface area contributed by atoms with Gasteiger partial charge in [0.25, 0.3) is 0 Å². The van der Waals surface area contributed by atoms with Crippen LogP contribution in [-0.4, -0.2) is 28.5 Å². The van der Waals surface area contributed by atoms with Crippen LogP contribution in [-0.2, 0) is 0 Å². The maximum absolute atomic E-state index is 11.0. The number of aromatic nitrogens is 2. The molecule has 0 amide bonds. The van der Waals surface area contributed by atoms with Crippen molar-refractivity contribution in [3.05, 3.63) is 16.3 Å². The van der Waals surface area contributed by atoms with Gasteiger partial charge in [-0.3, -0.25) is 10.1 Å². The summed E-state index contributed by atoms with van der Waals surface area (Å²) in [5.41, 5.74) is -0.0778. The molecule has 116 valence electrons. The van der Waals surface area contributed by atoms with Crippen molar-refractivity contribution in [3.63, 3.8) is 0 Å². The number of anilines is 2. The Hall–Kier alpha value is -1.92. The lowest BCUT2D eigenvalue weighted by Gasteiger charge is -2.26. The predicted molar refractivity (Wildman–Crippen MR) is 82.5 cm³/mol. The summed E-state index contributed by atoms with van der Waals surface area (Å²) < 4.78 is 0. The van der Waals surface area contributed by atoms with Gasteiger partial charge in [-0.15, -0.1) is 0 Å². The summed E-state index contributed by atoms with van der Waals surface area (Å²) in [6.45, 7) is 3.01. The first-order chi connectivity index (χ1) is 10.1. The van der Waals surface area contributed by atoms with Gasteiger partial charge in [0, 0.05) is 13.6 Å². The van der Waals surface area contributed by atoms with Gasteiger partial charge < -0.3 is 10.6 Å². The molecule has 1 heterocycles. The van der Waals surface area contributed by atoms with E-state index in [2.05, 4.69) is 27.5 Å². The molecule has 0 radical (unpaired) electrons. The van der Waals surface area contributed by atoms with E-state index in [4.69, 9.17) is 0 Å². The lowest BCUT2D eigenvalue weighted by molar-refractivity contribution is -0.384. The molecule has 0 saturated heterocycles. The topological polar surface area (TPSA) is 93.0 Å². The molecule has 1 saturated carbocycles. The third kappa shape index (κ3) is 4.27. The minimum Gasteiger partial charge on any atom is -0.364 e. The molecule has 1 aliphatic carbocycles. The second kappa shape index (κ2) is 7.19. The van der Waals surface area contributed by atoms with Crippen molar-refractivity contribution in [1.82, 2.24) is 9.97 Å². The first-order valence-electron chi connectivity index (χ1n) is 7.53. The molecule has 1 fully saturated rings. The number of nitrogens with one attached hydrogen (secondary N) is 2. The van der Waals surface area contributed by atoms with Crippen molar-refractivity contribution in [2.75, 3.05) is 24.2 Å². The minimum atomic E-state index is -0.454. The van der Waals surface area contributed by atoms with Crippen LogP contribution in [0.1, 0.15) is 39.0 Å². The monoisotopic (exact) mass is 293 g/mol. The van der Waals surface area contributed by atoms with E-state index in [1.807, 2.05) is 0 Å². The molecule has 0 bridgehead atoms. The maximum Gasteiger partial charge on any atom is 0.329 e. The van der Waals surface area contributed by atoms with Crippen LogP contribution < -0.4 is 10.6 Å². The highest BCUT2D eigenvalue weighted by Gasteiger charge is 2.20. The molecule has 21 heavy (non-hydrogen) atoms. The highest BCUT2D eigenvalue weighted by atomic mass is 16.6. The Morgan fingerprint density at radius 1 is 1.48 bits per heavy atom. The number of rotatable bonds is 6. The van der Waals surface area contributed by atoms with Crippen molar-refractivity contribution in [3.8, 4) is 0 Å². The van der Waals surface area contributed by atoms with Gasteiger partial charge in [0.2, 0.25) is 11.8 Å². The van der Waals surface area contributed by atoms with Crippen LogP contribution in [0.5, 0.6) is 0 Å². The molecule has 2 atom stereocenters. The molecule has 2 rings (SSSR count). The van der Waals surface area contributed by atoms with Crippen molar-refractivity contribution < 1.29 is 4.92 Å². The Bertz CT molecular complexity index is 494. The van der Waals surface area contributed by atoms with Gasteiger partial charge in [0.05, 0.1) is 4.92 Å². The quantitative estimate of drug-likeness (QED) is 0.618. The van der Waals surface area contributed by atoms with E-state index in [0.717, 1.165) is 12.3 Å². The molecular weight excluding hydrogens is 270 g/mol. The Morgan fingerprint density at radius 3 is 2.95 bits per heavy atom. The van der Waals surface area contributed by atoms with E-state index < -0.39 is 4.92 Å². The predicted octanol–water partition coefficient (Wildman–Crippen LogP) is 3.05. The van der Waals surface area contributed by atoms with E-state index in [9.17, 15) is 10.1 Å². The highest BCUT2D eigenvalue weighted by Crippen LogP contribution is 2.31. The first-order valence-corrected chi connectivity index (χ1v) is 7.53.